The summed E-state index contributed by atoms with van der Waals surface area (Å²) >= 11 is 0. The number of hydrogen-bond donors (Lipinski definition) is 0. The second-order valence-electron chi connectivity index (χ2n) is 0.729. The summed E-state index contributed by atoms with van der Waals surface area (Å²) in [5.41, 5.74) is 0. The summed E-state index contributed by atoms with van der Waals surface area (Å²) < 4.78 is 0. The Balaban J connectivity index is 0. The van der Waals surface area contributed by atoms with Crippen molar-refractivity contribution in [2.24, 2.45) is 0 Å². The zero-order valence-corrected chi connectivity index (χ0v) is 5.48. The molecule has 0 aromatic heterocycles. The van der Waals surface area contributed by atoms with Crippen molar-refractivity contribution in [2.75, 3.05) is 0 Å². The van der Waals surface area contributed by atoms with E-state index in [4.69, 9.17) is 4.79 Å². The molecule has 0 aliphatic heterocycles. The van der Waals surface area contributed by atoms with E-state index in [-0.39, 0.29) is 27.4 Å². The van der Waals surface area contributed by atoms with Crippen LogP contribution in [-0.2, 0) is 30.7 Å². The average Bonchev–Trinajstić information content (AvgIpc) is 1.38. The Bertz CT molecular complexity index is 59.8. The van der Waals surface area contributed by atoms with Gasteiger partial charge in [-0.3, -0.25) is 9.59 Å². The maximum absolute atomic E-state index is 9.44. The van der Waals surface area contributed by atoms with E-state index in [2.05, 4.69) is 0 Å². The third-order valence-corrected chi connectivity index (χ3v) is 0.166. The van der Waals surface area contributed by atoms with Gasteiger partial charge in [-0.05, 0) is 0 Å². The summed E-state index contributed by atoms with van der Waals surface area (Å²) in [6.07, 6.45) is 0.278. The van der Waals surface area contributed by atoms with Crippen molar-refractivity contribution in [2.45, 2.75) is 6.92 Å². The van der Waals surface area contributed by atoms with Crippen LogP contribution in [0.15, 0.2) is 0 Å². The Morgan fingerprint density at radius 2 is 1.83 bits per heavy atom. The molecule has 0 atom stereocenters. The monoisotopic (exact) mass is 267 g/mol. The molecule has 0 unspecified atom stereocenters. The van der Waals surface area contributed by atoms with E-state index in [9.17, 15) is 4.79 Å². The minimum Gasteiger partial charge on any atom is -0.295 e. The number of aldehydes is 1. The molecule has 0 aliphatic rings. The third kappa shape index (κ3) is 8.98. The van der Waals surface area contributed by atoms with Crippen molar-refractivity contribution in [1.82, 2.24) is 0 Å². The number of carbonyl (C=O) groups is 2. The van der Waals surface area contributed by atoms with Gasteiger partial charge in [0.2, 0.25) is 0 Å². The first-order valence-corrected chi connectivity index (χ1v) is 1.23. The molecular formula is C3H4O2Pt. The molecule has 0 saturated carbocycles. The zero-order chi connectivity index (χ0) is 4.28. The molecule has 0 spiro atoms. The van der Waals surface area contributed by atoms with Crippen molar-refractivity contribution in [3.63, 3.8) is 0 Å². The van der Waals surface area contributed by atoms with Gasteiger partial charge in [-0.25, -0.2) is 0 Å². The van der Waals surface area contributed by atoms with Crippen LogP contribution in [0.4, 0.5) is 0 Å². The van der Waals surface area contributed by atoms with E-state index >= 15 is 0 Å². The fraction of sp³-hybridized carbons (Fsp3) is 0.333. The van der Waals surface area contributed by atoms with Crippen LogP contribution in [0.25, 0.3) is 0 Å². The number of ketones is 1. The normalized spacial score (nSPS) is 5.50. The zero-order valence-electron chi connectivity index (χ0n) is 3.21. The second-order valence-corrected chi connectivity index (χ2v) is 0.729. The maximum Gasteiger partial charge on any atom is 0.192 e. The SMILES string of the molecule is CC(=O)C=O.[Pt]. The standard InChI is InChI=1S/C3H4O2.Pt/c1-3(5)2-4;/h2H,1H3;. The van der Waals surface area contributed by atoms with Crippen LogP contribution in [-0.4, -0.2) is 12.1 Å². The van der Waals surface area contributed by atoms with Crippen LogP contribution in [0.2, 0.25) is 0 Å². The van der Waals surface area contributed by atoms with Crippen molar-refractivity contribution < 1.29 is 30.7 Å². The van der Waals surface area contributed by atoms with Gasteiger partial charge in [-0.15, -0.1) is 0 Å². The quantitative estimate of drug-likeness (QED) is 0.486. The van der Waals surface area contributed by atoms with Crippen molar-refractivity contribution >= 4 is 12.1 Å². The molecule has 2 nitrogen and oxygen atoms in total. The van der Waals surface area contributed by atoms with Gasteiger partial charge in [-0.1, -0.05) is 0 Å². The molecule has 0 rings (SSSR count). The summed E-state index contributed by atoms with van der Waals surface area (Å²) in [7, 11) is 0. The fourth-order valence-electron chi connectivity index (χ4n) is 0. The molecule has 0 fully saturated rings. The van der Waals surface area contributed by atoms with E-state index < -0.39 is 5.78 Å². The van der Waals surface area contributed by atoms with Gasteiger partial charge < -0.3 is 0 Å². The average molecular weight is 267 g/mol. The number of Topliss-reactive ketones (excluding diaryl/α,β-unsaturated/α-hetero) is 1. The van der Waals surface area contributed by atoms with Crippen LogP contribution < -0.4 is 0 Å². The molecule has 0 radical (unpaired) electrons. The van der Waals surface area contributed by atoms with E-state index in [0.717, 1.165) is 0 Å². The Kier molecular flexibility index (Phi) is 7.87. The minimum absolute atomic E-state index is 0. The molecule has 0 aromatic rings. The summed E-state index contributed by atoms with van der Waals surface area (Å²) in [4.78, 5) is 18.6. The van der Waals surface area contributed by atoms with Crippen molar-refractivity contribution in [3.05, 3.63) is 0 Å². The van der Waals surface area contributed by atoms with Gasteiger partial charge in [0.15, 0.2) is 12.1 Å². The molecule has 0 N–H and O–H groups in total. The van der Waals surface area contributed by atoms with Crippen molar-refractivity contribution in [3.8, 4) is 0 Å². The van der Waals surface area contributed by atoms with Crippen LogP contribution in [0, 0.1) is 0 Å². The minimum atomic E-state index is -0.426. The predicted octanol–water partition coefficient (Wildman–Crippen LogP) is -0.228. The summed E-state index contributed by atoms with van der Waals surface area (Å²) in [6.45, 7) is 1.22. The first kappa shape index (κ1) is 9.39. The van der Waals surface area contributed by atoms with Gasteiger partial charge >= 0.3 is 0 Å². The van der Waals surface area contributed by atoms with Gasteiger partial charge in [0.1, 0.15) is 0 Å². The predicted molar refractivity (Wildman–Crippen MR) is 16.7 cm³/mol. The molecule has 0 heterocycles. The van der Waals surface area contributed by atoms with Crippen LogP contribution >= 0.6 is 0 Å². The van der Waals surface area contributed by atoms with E-state index in [1.807, 2.05) is 0 Å². The van der Waals surface area contributed by atoms with Crippen LogP contribution in [0.3, 0.4) is 0 Å². The Labute approximate surface area is 50.2 Å². The molecule has 0 bridgehead atoms. The molecule has 38 valence electrons. The second kappa shape index (κ2) is 5.03. The van der Waals surface area contributed by atoms with Crippen LogP contribution in [0.1, 0.15) is 6.92 Å². The summed E-state index contributed by atoms with van der Waals surface area (Å²) in [6, 6.07) is 0. The first-order valence-electron chi connectivity index (χ1n) is 1.23. The van der Waals surface area contributed by atoms with Gasteiger partial charge in [0.25, 0.3) is 0 Å². The smallest absolute Gasteiger partial charge is 0.192 e. The summed E-state index contributed by atoms with van der Waals surface area (Å²) in [5, 5.41) is 0. The maximum atomic E-state index is 9.44. The Morgan fingerprint density at radius 1 is 1.67 bits per heavy atom. The first-order chi connectivity index (χ1) is 2.27. The van der Waals surface area contributed by atoms with Gasteiger partial charge in [-0.2, -0.15) is 0 Å². The Morgan fingerprint density at radius 3 is 1.83 bits per heavy atom. The number of rotatable bonds is 1. The van der Waals surface area contributed by atoms with Gasteiger partial charge in [0.05, 0.1) is 0 Å². The van der Waals surface area contributed by atoms with E-state index in [1.165, 1.54) is 6.92 Å². The molecule has 0 aliphatic carbocycles. The molecule has 3 heteroatoms. The molecule has 6 heavy (non-hydrogen) atoms. The topological polar surface area (TPSA) is 34.1 Å². The fourth-order valence-corrected chi connectivity index (χ4v) is 0. The summed E-state index contributed by atoms with van der Waals surface area (Å²) in [5.74, 6) is -0.426. The van der Waals surface area contributed by atoms with E-state index in [0.29, 0.717) is 0 Å². The van der Waals surface area contributed by atoms with Crippen LogP contribution in [0.5, 0.6) is 0 Å². The number of carbonyl (C=O) groups excluding carboxylic acids is 2. The molecular weight excluding hydrogens is 263 g/mol. The Hall–Kier alpha value is 0.0283. The van der Waals surface area contributed by atoms with E-state index in [1.54, 1.807) is 0 Å². The third-order valence-electron chi connectivity index (χ3n) is 0.166. The van der Waals surface area contributed by atoms with Gasteiger partial charge in [0, 0.05) is 28.0 Å². The van der Waals surface area contributed by atoms with Crippen molar-refractivity contribution in [1.29, 1.82) is 0 Å². The molecule has 0 saturated heterocycles. The molecule has 0 amide bonds. The number of hydrogen-bond acceptors (Lipinski definition) is 2. The largest absolute Gasteiger partial charge is 0.295 e. The molecule has 0 aromatic carbocycles.